The van der Waals surface area contributed by atoms with Crippen molar-refractivity contribution in [2.45, 2.75) is 6.54 Å². The molecule has 1 amide bonds. The number of aromatic nitrogens is 2. The first-order chi connectivity index (χ1) is 8.70. The molecule has 4 N–H and O–H groups in total. The van der Waals surface area contributed by atoms with Gasteiger partial charge in [-0.1, -0.05) is 0 Å². The zero-order valence-electron chi connectivity index (χ0n) is 9.93. The molecule has 2 aromatic rings. The summed E-state index contributed by atoms with van der Waals surface area (Å²) in [6.07, 6.45) is 3.33. The summed E-state index contributed by atoms with van der Waals surface area (Å²) in [4.78, 5) is 18.8. The lowest BCUT2D eigenvalue weighted by Crippen LogP contribution is -2.23. The number of anilines is 1. The van der Waals surface area contributed by atoms with Gasteiger partial charge in [0.2, 0.25) is 0 Å². The van der Waals surface area contributed by atoms with Crippen LogP contribution in [0.15, 0.2) is 30.6 Å². The van der Waals surface area contributed by atoms with Crippen molar-refractivity contribution in [3.8, 4) is 5.75 Å². The summed E-state index contributed by atoms with van der Waals surface area (Å²) >= 11 is 0. The Bertz CT molecular complexity index is 537. The van der Waals surface area contributed by atoms with Crippen molar-refractivity contribution in [1.29, 1.82) is 0 Å². The second-order valence-corrected chi connectivity index (χ2v) is 3.68. The monoisotopic (exact) mass is 246 g/mol. The lowest BCUT2D eigenvalue weighted by molar-refractivity contribution is 0.0949. The number of nitrogens with two attached hydrogens (primary N) is 1. The van der Waals surface area contributed by atoms with Crippen LogP contribution in [0.4, 0.5) is 5.69 Å². The average Bonchev–Trinajstić information content (AvgIpc) is 2.89. The van der Waals surface area contributed by atoms with E-state index in [4.69, 9.17) is 10.5 Å². The van der Waals surface area contributed by atoms with Crippen LogP contribution in [0.25, 0.3) is 0 Å². The minimum Gasteiger partial charge on any atom is -0.495 e. The number of imidazole rings is 1. The van der Waals surface area contributed by atoms with E-state index >= 15 is 0 Å². The van der Waals surface area contributed by atoms with Crippen LogP contribution in [0.2, 0.25) is 0 Å². The number of nitrogens with one attached hydrogen (secondary N) is 2. The second kappa shape index (κ2) is 5.22. The Balaban J connectivity index is 2.04. The third-order valence-electron chi connectivity index (χ3n) is 2.47. The number of hydrogen-bond donors (Lipinski definition) is 3. The molecule has 0 saturated carbocycles. The van der Waals surface area contributed by atoms with Gasteiger partial charge in [-0.15, -0.1) is 0 Å². The Morgan fingerprint density at radius 1 is 1.56 bits per heavy atom. The number of nitrogens with zero attached hydrogens (tertiary/aromatic N) is 1. The Kier molecular flexibility index (Phi) is 3.47. The molecular formula is C12H14N4O2. The lowest BCUT2D eigenvalue weighted by atomic mass is 10.2. The fourth-order valence-corrected chi connectivity index (χ4v) is 1.51. The van der Waals surface area contributed by atoms with Crippen LogP contribution in [-0.2, 0) is 6.54 Å². The van der Waals surface area contributed by atoms with Crippen LogP contribution < -0.4 is 15.8 Å². The highest BCUT2D eigenvalue weighted by Gasteiger charge is 2.08. The van der Waals surface area contributed by atoms with E-state index in [9.17, 15) is 4.79 Å². The van der Waals surface area contributed by atoms with Gasteiger partial charge in [0.15, 0.2) is 0 Å². The SMILES string of the molecule is COc1cc(C(=O)NCc2ncc[nH]2)ccc1N. The van der Waals surface area contributed by atoms with Gasteiger partial charge in [0.05, 0.1) is 19.3 Å². The molecule has 1 aromatic heterocycles. The summed E-state index contributed by atoms with van der Waals surface area (Å²) in [5, 5.41) is 2.74. The number of carbonyl (C=O) groups is 1. The molecule has 18 heavy (non-hydrogen) atoms. The largest absolute Gasteiger partial charge is 0.495 e. The van der Waals surface area contributed by atoms with Gasteiger partial charge in [-0.3, -0.25) is 4.79 Å². The van der Waals surface area contributed by atoms with Crippen LogP contribution >= 0.6 is 0 Å². The molecule has 0 radical (unpaired) electrons. The van der Waals surface area contributed by atoms with Gasteiger partial charge in [-0.2, -0.15) is 0 Å². The number of H-pyrrole nitrogens is 1. The van der Waals surface area contributed by atoms with E-state index in [1.165, 1.54) is 7.11 Å². The molecule has 94 valence electrons. The summed E-state index contributed by atoms with van der Waals surface area (Å²) < 4.78 is 5.06. The number of carbonyl (C=O) groups excluding carboxylic acids is 1. The average molecular weight is 246 g/mol. The standard InChI is InChI=1S/C12H14N4O2/c1-18-10-6-8(2-3-9(10)13)12(17)16-7-11-14-4-5-15-11/h2-6H,7,13H2,1H3,(H,14,15)(H,16,17). The third-order valence-corrected chi connectivity index (χ3v) is 2.47. The van der Waals surface area contributed by atoms with Crippen molar-refractivity contribution in [2.75, 3.05) is 12.8 Å². The number of methoxy groups -OCH3 is 1. The van der Waals surface area contributed by atoms with Crippen LogP contribution in [-0.4, -0.2) is 23.0 Å². The van der Waals surface area contributed by atoms with Crippen LogP contribution in [0.1, 0.15) is 16.2 Å². The number of rotatable bonds is 4. The van der Waals surface area contributed by atoms with E-state index in [0.29, 0.717) is 29.4 Å². The first kappa shape index (κ1) is 12.0. The quantitative estimate of drug-likeness (QED) is 0.700. The molecule has 0 aliphatic carbocycles. The number of hydrogen-bond acceptors (Lipinski definition) is 4. The van der Waals surface area contributed by atoms with E-state index in [1.807, 2.05) is 0 Å². The molecule has 0 aliphatic rings. The van der Waals surface area contributed by atoms with Crippen molar-refractivity contribution >= 4 is 11.6 Å². The van der Waals surface area contributed by atoms with E-state index in [2.05, 4.69) is 15.3 Å². The smallest absolute Gasteiger partial charge is 0.251 e. The summed E-state index contributed by atoms with van der Waals surface area (Å²) in [7, 11) is 1.51. The molecule has 0 atom stereocenters. The van der Waals surface area contributed by atoms with E-state index in [-0.39, 0.29) is 5.91 Å². The first-order valence-electron chi connectivity index (χ1n) is 5.40. The number of nitrogen functional groups attached to an aromatic ring is 1. The molecule has 0 bridgehead atoms. The Hall–Kier alpha value is -2.50. The predicted molar refractivity (Wildman–Crippen MR) is 67.2 cm³/mol. The summed E-state index contributed by atoms with van der Waals surface area (Å²) in [6, 6.07) is 4.89. The first-order valence-corrected chi connectivity index (χ1v) is 5.40. The molecule has 0 aliphatic heterocycles. The molecule has 2 rings (SSSR count). The Morgan fingerprint density at radius 2 is 2.39 bits per heavy atom. The molecule has 6 heteroatoms. The van der Waals surface area contributed by atoms with Gasteiger partial charge in [-0.25, -0.2) is 4.98 Å². The molecule has 1 heterocycles. The third kappa shape index (κ3) is 2.60. The summed E-state index contributed by atoms with van der Waals surface area (Å²) in [6.45, 7) is 0.346. The molecule has 0 spiro atoms. The predicted octanol–water partition coefficient (Wildman–Crippen LogP) is 0.931. The van der Waals surface area contributed by atoms with Crippen LogP contribution in [0.3, 0.4) is 0 Å². The zero-order chi connectivity index (χ0) is 13.0. The highest BCUT2D eigenvalue weighted by atomic mass is 16.5. The van der Waals surface area contributed by atoms with Crippen LogP contribution in [0.5, 0.6) is 5.75 Å². The van der Waals surface area contributed by atoms with E-state index in [0.717, 1.165) is 0 Å². The van der Waals surface area contributed by atoms with Crippen molar-refractivity contribution in [3.63, 3.8) is 0 Å². The van der Waals surface area contributed by atoms with Crippen molar-refractivity contribution in [2.24, 2.45) is 0 Å². The van der Waals surface area contributed by atoms with Gasteiger partial charge in [0, 0.05) is 18.0 Å². The molecule has 0 fully saturated rings. The molecule has 6 nitrogen and oxygen atoms in total. The van der Waals surface area contributed by atoms with Gasteiger partial charge in [0.1, 0.15) is 11.6 Å². The van der Waals surface area contributed by atoms with Crippen molar-refractivity contribution < 1.29 is 9.53 Å². The lowest BCUT2D eigenvalue weighted by Gasteiger charge is -2.07. The maximum Gasteiger partial charge on any atom is 0.251 e. The fourth-order valence-electron chi connectivity index (χ4n) is 1.51. The number of ether oxygens (including phenoxy) is 1. The molecular weight excluding hydrogens is 232 g/mol. The highest BCUT2D eigenvalue weighted by Crippen LogP contribution is 2.21. The zero-order valence-corrected chi connectivity index (χ0v) is 9.93. The Morgan fingerprint density at radius 3 is 3.06 bits per heavy atom. The molecule has 1 aromatic carbocycles. The topological polar surface area (TPSA) is 93.0 Å². The minimum absolute atomic E-state index is 0.204. The summed E-state index contributed by atoms with van der Waals surface area (Å²) in [5.74, 6) is 0.983. The highest BCUT2D eigenvalue weighted by molar-refractivity contribution is 5.95. The second-order valence-electron chi connectivity index (χ2n) is 3.68. The maximum absolute atomic E-state index is 11.9. The normalized spacial score (nSPS) is 10.1. The minimum atomic E-state index is -0.204. The maximum atomic E-state index is 11.9. The van der Waals surface area contributed by atoms with Gasteiger partial charge in [0.25, 0.3) is 5.91 Å². The van der Waals surface area contributed by atoms with Crippen LogP contribution in [0, 0.1) is 0 Å². The van der Waals surface area contributed by atoms with Gasteiger partial charge < -0.3 is 20.8 Å². The Labute approximate surface area is 104 Å². The van der Waals surface area contributed by atoms with E-state index in [1.54, 1.807) is 30.6 Å². The fraction of sp³-hybridized carbons (Fsp3) is 0.167. The van der Waals surface area contributed by atoms with E-state index < -0.39 is 0 Å². The van der Waals surface area contributed by atoms with Gasteiger partial charge >= 0.3 is 0 Å². The molecule has 0 saturated heterocycles. The van der Waals surface area contributed by atoms with Crippen molar-refractivity contribution in [3.05, 3.63) is 42.0 Å². The molecule has 0 unspecified atom stereocenters. The number of amides is 1. The van der Waals surface area contributed by atoms with Crippen molar-refractivity contribution in [1.82, 2.24) is 15.3 Å². The number of aromatic amines is 1. The number of benzene rings is 1. The van der Waals surface area contributed by atoms with Gasteiger partial charge in [-0.05, 0) is 18.2 Å². The summed E-state index contributed by atoms with van der Waals surface area (Å²) in [5.41, 5.74) is 6.67.